The number of amides is 1. The molecule has 0 fully saturated rings. The number of nitrogens with one attached hydrogen (secondary N) is 3. The first kappa shape index (κ1) is 22.8. The fourth-order valence-corrected chi connectivity index (χ4v) is 3.19. The van der Waals surface area contributed by atoms with Crippen LogP contribution < -0.4 is 16.0 Å². The van der Waals surface area contributed by atoms with Crippen LogP contribution in [0.1, 0.15) is 21.1 Å². The summed E-state index contributed by atoms with van der Waals surface area (Å²) < 4.78 is 0.887. The van der Waals surface area contributed by atoms with Gasteiger partial charge >= 0.3 is 0 Å². The van der Waals surface area contributed by atoms with Gasteiger partial charge in [-0.3, -0.25) is 9.79 Å². The molecule has 0 radical (unpaired) electrons. The summed E-state index contributed by atoms with van der Waals surface area (Å²) >= 11 is 5.02. The molecule has 0 saturated heterocycles. The molecule has 0 unspecified atom stereocenters. The fraction of sp³-hybridized carbons (Fsp3) is 0.353. The van der Waals surface area contributed by atoms with Gasteiger partial charge in [0.05, 0.1) is 10.7 Å². The molecule has 0 atom stereocenters. The zero-order chi connectivity index (χ0) is 18.1. The van der Waals surface area contributed by atoms with Gasteiger partial charge in [-0.15, -0.1) is 35.3 Å². The van der Waals surface area contributed by atoms with E-state index < -0.39 is 0 Å². The first-order valence-corrected chi connectivity index (χ1v) is 9.65. The molecule has 1 aromatic carbocycles. The van der Waals surface area contributed by atoms with E-state index in [1.54, 1.807) is 30.5 Å². The van der Waals surface area contributed by atoms with E-state index in [2.05, 4.69) is 47.2 Å². The molecule has 6 nitrogen and oxygen atoms in total. The Bertz CT molecular complexity index is 737. The molecule has 26 heavy (non-hydrogen) atoms. The quantitative estimate of drug-likeness (QED) is 0.214. The Labute approximate surface area is 183 Å². The molecule has 0 aliphatic rings. The average molecular weight is 552 g/mol. The zero-order valence-corrected chi connectivity index (χ0v) is 19.4. The highest BCUT2D eigenvalue weighted by atomic mass is 127. The van der Waals surface area contributed by atoms with Gasteiger partial charge in [0, 0.05) is 48.5 Å². The predicted octanol–water partition coefficient (Wildman–Crippen LogP) is 2.97. The van der Waals surface area contributed by atoms with Crippen LogP contribution in [-0.2, 0) is 6.42 Å². The van der Waals surface area contributed by atoms with E-state index in [1.165, 1.54) is 0 Å². The monoisotopic (exact) mass is 551 g/mol. The van der Waals surface area contributed by atoms with Crippen LogP contribution in [0.4, 0.5) is 0 Å². The van der Waals surface area contributed by atoms with Crippen molar-refractivity contribution in [2.24, 2.45) is 4.99 Å². The lowest BCUT2D eigenvalue weighted by molar-refractivity contribution is 0.0954. The van der Waals surface area contributed by atoms with E-state index in [1.807, 2.05) is 19.1 Å². The molecular weight excluding hydrogens is 529 g/mol. The molecule has 0 bridgehead atoms. The lowest BCUT2D eigenvalue weighted by Gasteiger charge is -2.12. The molecule has 142 valence electrons. The largest absolute Gasteiger partial charge is 0.356 e. The van der Waals surface area contributed by atoms with Crippen molar-refractivity contribution in [3.63, 3.8) is 0 Å². The third kappa shape index (κ3) is 8.00. The number of aryl methyl sites for hydroxylation is 1. The summed E-state index contributed by atoms with van der Waals surface area (Å²) in [6.07, 6.45) is 0.852. The van der Waals surface area contributed by atoms with Gasteiger partial charge in [0.2, 0.25) is 0 Å². The van der Waals surface area contributed by atoms with Gasteiger partial charge in [0.25, 0.3) is 5.91 Å². The van der Waals surface area contributed by atoms with Crippen molar-refractivity contribution in [3.8, 4) is 0 Å². The number of aliphatic imine (C=N–C) groups is 1. The van der Waals surface area contributed by atoms with Crippen LogP contribution >= 0.6 is 51.2 Å². The summed E-state index contributed by atoms with van der Waals surface area (Å²) in [5, 5.41) is 12.4. The highest BCUT2D eigenvalue weighted by Crippen LogP contribution is 2.11. The molecule has 0 aliphatic carbocycles. The summed E-state index contributed by atoms with van der Waals surface area (Å²) in [6, 6.07) is 7.31. The van der Waals surface area contributed by atoms with Crippen LogP contribution in [0.15, 0.2) is 39.1 Å². The number of halogens is 2. The number of aromatic nitrogens is 1. The Morgan fingerprint density at radius 3 is 2.62 bits per heavy atom. The lowest BCUT2D eigenvalue weighted by Crippen LogP contribution is -2.42. The Balaban J connectivity index is 0.00000338. The SMILES string of the molecule is CN=C(NCCNC(=O)c1cccc(Br)c1)NCCc1csc(C)n1.I. The molecule has 2 rings (SSSR count). The van der Waals surface area contributed by atoms with Gasteiger partial charge in [-0.2, -0.15) is 0 Å². The maximum atomic E-state index is 12.0. The number of hydrogen-bond acceptors (Lipinski definition) is 4. The number of nitrogens with zero attached hydrogens (tertiary/aromatic N) is 2. The maximum Gasteiger partial charge on any atom is 0.251 e. The molecule has 1 amide bonds. The first-order chi connectivity index (χ1) is 12.1. The highest BCUT2D eigenvalue weighted by Gasteiger charge is 2.05. The van der Waals surface area contributed by atoms with Crippen LogP contribution in [0.3, 0.4) is 0 Å². The molecule has 0 saturated carbocycles. The van der Waals surface area contributed by atoms with Crippen molar-refractivity contribution >= 4 is 63.1 Å². The van der Waals surface area contributed by atoms with E-state index in [-0.39, 0.29) is 29.9 Å². The number of guanidine groups is 1. The van der Waals surface area contributed by atoms with Crippen molar-refractivity contribution in [1.29, 1.82) is 0 Å². The molecule has 1 aromatic heterocycles. The Kier molecular flexibility index (Phi) is 10.7. The average Bonchev–Trinajstić information content (AvgIpc) is 3.02. The van der Waals surface area contributed by atoms with Crippen LogP contribution in [0, 0.1) is 6.92 Å². The number of hydrogen-bond donors (Lipinski definition) is 3. The molecular formula is C17H23BrIN5OS. The minimum Gasteiger partial charge on any atom is -0.356 e. The van der Waals surface area contributed by atoms with Crippen molar-refractivity contribution < 1.29 is 4.79 Å². The Morgan fingerprint density at radius 2 is 1.96 bits per heavy atom. The summed E-state index contributed by atoms with van der Waals surface area (Å²) in [5.41, 5.74) is 1.72. The summed E-state index contributed by atoms with van der Waals surface area (Å²) in [6.45, 7) is 3.87. The number of carbonyl (C=O) groups is 1. The van der Waals surface area contributed by atoms with Crippen molar-refractivity contribution in [2.75, 3.05) is 26.7 Å². The maximum absolute atomic E-state index is 12.0. The topological polar surface area (TPSA) is 78.4 Å². The minimum atomic E-state index is -0.0926. The van der Waals surface area contributed by atoms with Crippen LogP contribution in [-0.4, -0.2) is 43.5 Å². The summed E-state index contributed by atoms with van der Waals surface area (Å²) in [7, 11) is 1.72. The van der Waals surface area contributed by atoms with Crippen molar-refractivity contribution in [3.05, 3.63) is 50.4 Å². The highest BCUT2D eigenvalue weighted by molar-refractivity contribution is 14.0. The van der Waals surface area contributed by atoms with E-state index in [0.29, 0.717) is 24.6 Å². The van der Waals surface area contributed by atoms with Crippen LogP contribution in [0.5, 0.6) is 0 Å². The summed E-state index contributed by atoms with van der Waals surface area (Å²) in [4.78, 5) is 20.6. The van der Waals surface area contributed by atoms with E-state index >= 15 is 0 Å². The zero-order valence-electron chi connectivity index (χ0n) is 14.7. The van der Waals surface area contributed by atoms with Crippen molar-refractivity contribution in [1.82, 2.24) is 20.9 Å². The summed E-state index contributed by atoms with van der Waals surface area (Å²) in [5.74, 6) is 0.619. The van der Waals surface area contributed by atoms with Gasteiger partial charge < -0.3 is 16.0 Å². The van der Waals surface area contributed by atoms with Gasteiger partial charge in [-0.25, -0.2) is 4.98 Å². The third-order valence-electron chi connectivity index (χ3n) is 3.35. The standard InChI is InChI=1S/C17H22BrN5OS.HI/c1-12-23-15(11-25-12)6-7-21-17(19-2)22-9-8-20-16(24)13-4-3-5-14(18)10-13;/h3-5,10-11H,6-9H2,1-2H3,(H,20,24)(H2,19,21,22);1H. The number of thiazole rings is 1. The van der Waals surface area contributed by atoms with Gasteiger partial charge in [0.1, 0.15) is 0 Å². The fourth-order valence-electron chi connectivity index (χ4n) is 2.14. The van der Waals surface area contributed by atoms with E-state index in [9.17, 15) is 4.79 Å². The second-order valence-corrected chi connectivity index (χ2v) is 7.28. The number of carbonyl (C=O) groups excluding carboxylic acids is 1. The molecule has 0 spiro atoms. The molecule has 2 aromatic rings. The minimum absolute atomic E-state index is 0. The third-order valence-corrected chi connectivity index (χ3v) is 4.67. The lowest BCUT2D eigenvalue weighted by atomic mass is 10.2. The van der Waals surface area contributed by atoms with Gasteiger partial charge in [-0.1, -0.05) is 22.0 Å². The Morgan fingerprint density at radius 1 is 1.23 bits per heavy atom. The number of rotatable bonds is 7. The van der Waals surface area contributed by atoms with Gasteiger partial charge in [0.15, 0.2) is 5.96 Å². The van der Waals surface area contributed by atoms with E-state index in [4.69, 9.17) is 0 Å². The number of benzene rings is 1. The van der Waals surface area contributed by atoms with Crippen molar-refractivity contribution in [2.45, 2.75) is 13.3 Å². The van der Waals surface area contributed by atoms with Crippen LogP contribution in [0.25, 0.3) is 0 Å². The second-order valence-electron chi connectivity index (χ2n) is 5.30. The van der Waals surface area contributed by atoms with Crippen LogP contribution in [0.2, 0.25) is 0 Å². The predicted molar refractivity (Wildman–Crippen MR) is 122 cm³/mol. The normalized spacial score (nSPS) is 10.8. The van der Waals surface area contributed by atoms with E-state index in [0.717, 1.165) is 28.1 Å². The molecule has 0 aliphatic heterocycles. The van der Waals surface area contributed by atoms with Gasteiger partial charge in [-0.05, 0) is 25.1 Å². The second kappa shape index (κ2) is 12.2. The molecule has 3 N–H and O–H groups in total. The molecule has 9 heteroatoms. The Hall–Kier alpha value is -1.20. The molecule has 1 heterocycles. The smallest absolute Gasteiger partial charge is 0.251 e. The first-order valence-electron chi connectivity index (χ1n) is 7.98.